The number of hydrogen-bond acceptors (Lipinski definition) is 6. The topological polar surface area (TPSA) is 65.1 Å². The highest BCUT2D eigenvalue weighted by Crippen LogP contribution is 2.38. The minimum atomic E-state index is -0.318. The average molecular weight is 586 g/mol. The van der Waals surface area contributed by atoms with Crippen LogP contribution >= 0.6 is 11.6 Å². The molecule has 0 spiro atoms. The van der Waals surface area contributed by atoms with Crippen LogP contribution in [0.15, 0.2) is 49.1 Å². The van der Waals surface area contributed by atoms with Crippen LogP contribution in [-0.2, 0) is 25.5 Å². The van der Waals surface area contributed by atoms with Crippen LogP contribution in [0.3, 0.4) is 0 Å². The maximum absolute atomic E-state index is 11.8. The first-order valence-electron chi connectivity index (χ1n) is 14.6. The second-order valence-electron chi connectivity index (χ2n) is 11.6. The molecule has 0 aromatic heterocycles. The van der Waals surface area contributed by atoms with E-state index in [1.807, 2.05) is 32.9 Å². The molecule has 0 aliphatic carbocycles. The first-order chi connectivity index (χ1) is 19.5. The zero-order chi connectivity index (χ0) is 30.4. The molecule has 0 bridgehead atoms. The molecule has 6 nitrogen and oxygen atoms in total. The number of aryl methyl sites for hydroxylation is 1. The van der Waals surface area contributed by atoms with E-state index in [0.717, 1.165) is 67.2 Å². The molecule has 2 aromatic rings. The third-order valence-electron chi connectivity index (χ3n) is 7.03. The number of esters is 1. The number of hydrogen-bond donors (Lipinski definition) is 0. The molecule has 7 heteroatoms. The number of methoxy groups -OCH3 is 1. The average Bonchev–Trinajstić information content (AvgIpc) is 3.10. The predicted octanol–water partition coefficient (Wildman–Crippen LogP) is 8.26. The van der Waals surface area contributed by atoms with Crippen LogP contribution in [0, 0.1) is 0 Å². The van der Waals surface area contributed by atoms with Gasteiger partial charge in [0.15, 0.2) is 0 Å². The number of ether oxygens (including phenoxy) is 3. The number of fused-ring (bicyclic) bond motifs is 1. The van der Waals surface area contributed by atoms with E-state index in [0.29, 0.717) is 19.5 Å². The summed E-state index contributed by atoms with van der Waals surface area (Å²) in [6, 6.07) is 12.6. The fourth-order valence-corrected chi connectivity index (χ4v) is 5.06. The van der Waals surface area contributed by atoms with Crippen molar-refractivity contribution < 1.29 is 23.8 Å². The van der Waals surface area contributed by atoms with Crippen LogP contribution in [0.25, 0.3) is 0 Å². The molecule has 0 N–H and O–H groups in total. The van der Waals surface area contributed by atoms with Crippen molar-refractivity contribution in [2.75, 3.05) is 31.7 Å². The fourth-order valence-electron chi connectivity index (χ4n) is 4.86. The van der Waals surface area contributed by atoms with Crippen molar-refractivity contribution in [1.82, 2.24) is 0 Å². The molecule has 0 fully saturated rings. The Kier molecular flexibility index (Phi) is 14.3. The molecule has 0 amide bonds. The maximum atomic E-state index is 11.8. The van der Waals surface area contributed by atoms with Crippen molar-refractivity contribution in [2.24, 2.45) is 0 Å². The molecule has 2 unspecified atom stereocenters. The van der Waals surface area contributed by atoms with Crippen LogP contribution < -0.4 is 9.64 Å². The molecule has 1 aliphatic rings. The first kappa shape index (κ1) is 34.2. The molecule has 0 saturated carbocycles. The Labute approximate surface area is 252 Å². The summed E-state index contributed by atoms with van der Waals surface area (Å²) < 4.78 is 15.8. The minimum absolute atomic E-state index is 0.0758. The van der Waals surface area contributed by atoms with Crippen LogP contribution in [0.1, 0.15) is 95.2 Å². The van der Waals surface area contributed by atoms with Crippen molar-refractivity contribution in [3.05, 3.63) is 70.8 Å². The van der Waals surface area contributed by atoms with E-state index >= 15 is 0 Å². The van der Waals surface area contributed by atoms with Gasteiger partial charge in [0.05, 0.1) is 25.8 Å². The van der Waals surface area contributed by atoms with Gasteiger partial charge in [-0.05, 0) is 93.3 Å². The Morgan fingerprint density at radius 3 is 2.59 bits per heavy atom. The van der Waals surface area contributed by atoms with E-state index in [4.69, 9.17) is 21.1 Å². The van der Waals surface area contributed by atoms with Gasteiger partial charge in [-0.3, -0.25) is 9.59 Å². The number of unbranched alkanes of at least 4 members (excludes halogenated alkanes) is 2. The minimum Gasteiger partial charge on any atom is -0.491 e. The largest absolute Gasteiger partial charge is 0.491 e. The summed E-state index contributed by atoms with van der Waals surface area (Å²) in [4.78, 5) is 23.9. The Bertz CT molecular complexity index is 1130. The molecule has 0 radical (unpaired) electrons. The predicted molar refractivity (Wildman–Crippen MR) is 168 cm³/mol. The number of nitrogens with zero attached hydrogens (tertiary/aromatic N) is 1. The van der Waals surface area contributed by atoms with Crippen molar-refractivity contribution in [1.29, 1.82) is 0 Å². The Morgan fingerprint density at radius 2 is 1.98 bits per heavy atom. The molecule has 41 heavy (non-hydrogen) atoms. The summed E-state index contributed by atoms with van der Waals surface area (Å²) in [6.45, 7) is 16.5. The molecular weight excluding hydrogens is 538 g/mol. The second-order valence-corrected chi connectivity index (χ2v) is 12.0. The zero-order valence-corrected chi connectivity index (χ0v) is 26.5. The van der Waals surface area contributed by atoms with Gasteiger partial charge in [-0.2, -0.15) is 0 Å². The monoisotopic (exact) mass is 585 g/mol. The van der Waals surface area contributed by atoms with Crippen molar-refractivity contribution >= 4 is 29.7 Å². The van der Waals surface area contributed by atoms with Gasteiger partial charge in [-0.15, -0.1) is 6.58 Å². The number of halogens is 1. The van der Waals surface area contributed by atoms with Gasteiger partial charge in [-0.1, -0.05) is 50.1 Å². The smallest absolute Gasteiger partial charge is 0.306 e. The van der Waals surface area contributed by atoms with E-state index < -0.39 is 0 Å². The molecule has 1 aliphatic heterocycles. The van der Waals surface area contributed by atoms with Gasteiger partial charge in [0.2, 0.25) is 0 Å². The van der Waals surface area contributed by atoms with Crippen LogP contribution in [-0.4, -0.2) is 44.8 Å². The summed E-state index contributed by atoms with van der Waals surface area (Å²) in [5.41, 5.74) is 4.56. The van der Waals surface area contributed by atoms with E-state index in [-0.39, 0.29) is 23.4 Å². The third-order valence-corrected chi connectivity index (χ3v) is 7.26. The summed E-state index contributed by atoms with van der Waals surface area (Å²) in [5, 5.41) is 0.788. The zero-order valence-electron chi connectivity index (χ0n) is 25.7. The Hall–Kier alpha value is -2.99. The summed E-state index contributed by atoms with van der Waals surface area (Å²) in [5.74, 6) is 1.05. The summed E-state index contributed by atoms with van der Waals surface area (Å²) in [6.07, 6.45) is 7.66. The van der Waals surface area contributed by atoms with Gasteiger partial charge >= 0.3 is 5.97 Å². The van der Waals surface area contributed by atoms with Crippen LogP contribution in [0.4, 0.5) is 5.69 Å². The summed E-state index contributed by atoms with van der Waals surface area (Å²) >= 11 is 6.33. The lowest BCUT2D eigenvalue weighted by Crippen LogP contribution is -2.30. The van der Waals surface area contributed by atoms with E-state index in [2.05, 4.69) is 60.4 Å². The van der Waals surface area contributed by atoms with Gasteiger partial charge < -0.3 is 19.1 Å². The molecule has 226 valence electrons. The number of carbonyl (C=O) groups is 2. The Balaban J connectivity index is 0.000000745. The molecule has 0 saturated heterocycles. The standard InChI is InChI=1S/C29H38ClNO3.C5H10O2/c1-5-7-8-9-15-31-19-24(26-13-12-25(30)17-23(26)10-6-2)20-34-28-14-11-22(18-27(28)31)21(3)16-29(32)33-4;1-5(2,3)7-4-6/h5,11-14,17-18,21,24H,1,6-10,15-16,19-20H2,2-4H3;4H,1-3H3. The van der Waals surface area contributed by atoms with E-state index in [1.54, 1.807) is 0 Å². The Morgan fingerprint density at radius 1 is 1.22 bits per heavy atom. The van der Waals surface area contributed by atoms with Crippen molar-refractivity contribution in [2.45, 2.75) is 90.6 Å². The van der Waals surface area contributed by atoms with E-state index in [1.165, 1.54) is 18.2 Å². The SMILES string of the molecule is C=CCCCCN1CC(c2ccc(Cl)cc2CCC)COc2ccc(C(C)CC(=O)OC)cc21.CC(C)(C)OC=O. The lowest BCUT2D eigenvalue weighted by Gasteiger charge is -2.28. The first-order valence-corrected chi connectivity index (χ1v) is 15.0. The van der Waals surface area contributed by atoms with E-state index in [9.17, 15) is 9.59 Å². The van der Waals surface area contributed by atoms with Gasteiger partial charge in [0, 0.05) is 24.0 Å². The second kappa shape index (κ2) is 17.1. The highest BCUT2D eigenvalue weighted by molar-refractivity contribution is 6.30. The van der Waals surface area contributed by atoms with Crippen LogP contribution in [0.5, 0.6) is 5.75 Å². The van der Waals surface area contributed by atoms with Gasteiger partial charge in [-0.25, -0.2) is 0 Å². The number of benzene rings is 2. The summed E-state index contributed by atoms with van der Waals surface area (Å²) in [7, 11) is 1.44. The number of carbonyl (C=O) groups excluding carboxylic acids is 2. The fraction of sp³-hybridized carbons (Fsp3) is 0.529. The molecule has 1 heterocycles. The number of rotatable bonds is 12. The third kappa shape index (κ3) is 11.4. The van der Waals surface area contributed by atoms with Crippen molar-refractivity contribution in [3.63, 3.8) is 0 Å². The number of anilines is 1. The van der Waals surface area contributed by atoms with Crippen molar-refractivity contribution in [3.8, 4) is 5.75 Å². The lowest BCUT2D eigenvalue weighted by molar-refractivity contribution is -0.141. The van der Waals surface area contributed by atoms with Crippen LogP contribution in [0.2, 0.25) is 5.02 Å². The molecule has 3 rings (SSSR count). The highest BCUT2D eigenvalue weighted by atomic mass is 35.5. The lowest BCUT2D eigenvalue weighted by atomic mass is 9.92. The van der Waals surface area contributed by atoms with Gasteiger partial charge in [0.1, 0.15) is 11.4 Å². The molecule has 2 atom stereocenters. The molecule has 2 aromatic carbocycles. The molecular formula is C34H48ClNO5. The normalized spacial score (nSPS) is 15.3. The quantitative estimate of drug-likeness (QED) is 0.108. The maximum Gasteiger partial charge on any atom is 0.306 e. The van der Waals surface area contributed by atoms with Gasteiger partial charge in [0.25, 0.3) is 6.47 Å². The number of allylic oxidation sites excluding steroid dienone is 1. The highest BCUT2D eigenvalue weighted by Gasteiger charge is 2.27.